The van der Waals surface area contributed by atoms with E-state index in [1.807, 2.05) is 48.5 Å². The number of carbonyl (C=O) groups excluding carboxylic acids is 3. The lowest BCUT2D eigenvalue weighted by molar-refractivity contribution is -0.385. The number of amides is 1. The summed E-state index contributed by atoms with van der Waals surface area (Å²) in [6.07, 6.45) is 0.810. The van der Waals surface area contributed by atoms with Crippen LogP contribution >= 0.6 is 0 Å². The van der Waals surface area contributed by atoms with Gasteiger partial charge in [0.25, 0.3) is 5.69 Å². The largest absolute Gasteiger partial charge is 0.465 e. The Morgan fingerprint density at radius 2 is 1.56 bits per heavy atom. The number of hydrogen-bond acceptors (Lipinski definition) is 8. The van der Waals surface area contributed by atoms with E-state index in [0.717, 1.165) is 22.3 Å². The Balaban J connectivity index is 1.43. The average molecular weight is 615 g/mol. The van der Waals surface area contributed by atoms with Crippen LogP contribution in [-0.4, -0.2) is 46.1 Å². The second-order valence-electron chi connectivity index (χ2n) is 11.9. The molecule has 3 aromatic rings. The molecule has 3 aromatic carbocycles. The van der Waals surface area contributed by atoms with Gasteiger partial charge in [-0.1, -0.05) is 60.7 Å². The van der Waals surface area contributed by atoms with Gasteiger partial charge in [-0.25, -0.2) is 4.79 Å². The maximum absolute atomic E-state index is 13.1. The summed E-state index contributed by atoms with van der Waals surface area (Å²) in [6, 6.07) is 19.6. The summed E-state index contributed by atoms with van der Waals surface area (Å²) in [7, 11) is 0. The molecule has 1 aliphatic rings. The van der Waals surface area contributed by atoms with Gasteiger partial charge in [-0.15, -0.1) is 6.58 Å². The van der Waals surface area contributed by atoms with E-state index >= 15 is 0 Å². The molecule has 0 N–H and O–H groups in total. The van der Waals surface area contributed by atoms with Gasteiger partial charge in [-0.3, -0.25) is 19.7 Å². The molecule has 10 nitrogen and oxygen atoms in total. The summed E-state index contributed by atoms with van der Waals surface area (Å²) in [4.78, 5) is 51.3. The van der Waals surface area contributed by atoms with Gasteiger partial charge in [0.2, 0.25) is 0 Å². The number of benzene rings is 3. The number of carbonyl (C=O) groups is 3. The first-order valence-electron chi connectivity index (χ1n) is 14.8. The van der Waals surface area contributed by atoms with E-state index in [0.29, 0.717) is 6.42 Å². The average Bonchev–Trinajstić information content (AvgIpc) is 3.30. The fraction of sp³-hybridized carbons (Fsp3) is 0.343. The number of nitro groups is 1. The Hall–Kier alpha value is -4.99. The van der Waals surface area contributed by atoms with Crippen molar-refractivity contribution in [2.75, 3.05) is 6.61 Å². The highest BCUT2D eigenvalue weighted by atomic mass is 16.6. The van der Waals surface area contributed by atoms with Gasteiger partial charge < -0.3 is 19.1 Å². The number of hydrogen-bond donors (Lipinski definition) is 0. The molecular weight excluding hydrogens is 576 g/mol. The molecular formula is C35H38N2O8. The predicted octanol–water partition coefficient (Wildman–Crippen LogP) is 7.34. The molecule has 0 bridgehead atoms. The lowest BCUT2D eigenvalue weighted by Gasteiger charge is -2.31. The van der Waals surface area contributed by atoms with Crippen molar-refractivity contribution in [1.82, 2.24) is 4.90 Å². The van der Waals surface area contributed by atoms with Crippen LogP contribution in [0.15, 0.2) is 79.4 Å². The summed E-state index contributed by atoms with van der Waals surface area (Å²) in [5.41, 5.74) is 3.26. The zero-order valence-corrected chi connectivity index (χ0v) is 26.0. The standard InChI is InChI=1S/C35H38N2O8/c1-6-12-23(2)36(34(40)45-35(3,4)5)21-28-30(37(41)42)17-11-18-31(28)44-33(39)20-19-32(38)43-22-29-26-15-9-7-13-24(26)25-14-8-10-16-27(25)29/h6-11,13-18,23,29H,1,12,19-22H2,2-5H3. The molecule has 0 radical (unpaired) electrons. The van der Waals surface area contributed by atoms with Crippen molar-refractivity contribution in [2.45, 2.75) is 71.1 Å². The van der Waals surface area contributed by atoms with Crippen molar-refractivity contribution >= 4 is 23.7 Å². The molecule has 0 heterocycles. The number of fused-ring (bicyclic) bond motifs is 3. The number of ether oxygens (including phenoxy) is 3. The van der Waals surface area contributed by atoms with Crippen molar-refractivity contribution in [3.05, 3.63) is 106 Å². The van der Waals surface area contributed by atoms with Crippen molar-refractivity contribution in [3.8, 4) is 16.9 Å². The van der Waals surface area contributed by atoms with Crippen LogP contribution in [0.25, 0.3) is 11.1 Å². The van der Waals surface area contributed by atoms with Crippen LogP contribution in [0.5, 0.6) is 5.75 Å². The number of rotatable bonds is 12. The normalized spacial score (nSPS) is 12.8. The summed E-state index contributed by atoms with van der Waals surface area (Å²) >= 11 is 0. The fourth-order valence-electron chi connectivity index (χ4n) is 5.30. The summed E-state index contributed by atoms with van der Waals surface area (Å²) in [6.45, 7) is 10.5. The molecule has 0 saturated carbocycles. The molecule has 0 aromatic heterocycles. The monoisotopic (exact) mass is 614 g/mol. The SMILES string of the molecule is C=CCC(C)N(Cc1c(OC(=O)CCC(=O)OCC2c3ccccc3-c3ccccc32)cccc1[N+](=O)[O-])C(=O)OC(C)(C)C. The minimum Gasteiger partial charge on any atom is -0.465 e. The lowest BCUT2D eigenvalue weighted by Crippen LogP contribution is -2.41. The quantitative estimate of drug-likeness (QED) is 0.0682. The van der Waals surface area contributed by atoms with Gasteiger partial charge in [0.05, 0.1) is 29.9 Å². The second-order valence-corrected chi connectivity index (χ2v) is 11.9. The van der Waals surface area contributed by atoms with Crippen LogP contribution in [-0.2, 0) is 25.6 Å². The molecule has 0 fully saturated rings. The van der Waals surface area contributed by atoms with Crippen molar-refractivity contribution in [3.63, 3.8) is 0 Å². The third kappa shape index (κ3) is 8.14. The Bertz CT molecular complexity index is 1550. The molecule has 45 heavy (non-hydrogen) atoms. The van der Waals surface area contributed by atoms with Gasteiger partial charge >= 0.3 is 18.0 Å². The highest BCUT2D eigenvalue weighted by Crippen LogP contribution is 2.44. The topological polar surface area (TPSA) is 125 Å². The molecule has 4 rings (SSSR count). The highest BCUT2D eigenvalue weighted by molar-refractivity contribution is 5.81. The van der Waals surface area contributed by atoms with Gasteiger partial charge in [-0.05, 0) is 62.4 Å². The Kier molecular flexibility index (Phi) is 10.4. The zero-order chi connectivity index (χ0) is 32.7. The van der Waals surface area contributed by atoms with Crippen LogP contribution in [0.1, 0.15) is 69.6 Å². The van der Waals surface area contributed by atoms with Gasteiger partial charge in [-0.2, -0.15) is 0 Å². The van der Waals surface area contributed by atoms with Crippen LogP contribution in [0.4, 0.5) is 10.5 Å². The molecule has 1 aliphatic carbocycles. The molecule has 0 spiro atoms. The first-order chi connectivity index (χ1) is 21.4. The first kappa shape index (κ1) is 32.9. The Labute approximate surface area is 262 Å². The number of nitro benzene ring substituents is 1. The molecule has 236 valence electrons. The third-order valence-electron chi connectivity index (χ3n) is 7.43. The van der Waals surface area contributed by atoms with Crippen LogP contribution in [0.2, 0.25) is 0 Å². The highest BCUT2D eigenvalue weighted by Gasteiger charge is 2.31. The zero-order valence-electron chi connectivity index (χ0n) is 26.0. The van der Waals surface area contributed by atoms with Crippen molar-refractivity contribution in [2.24, 2.45) is 0 Å². The molecule has 1 amide bonds. The van der Waals surface area contributed by atoms with Gasteiger partial charge in [0.15, 0.2) is 0 Å². The predicted molar refractivity (Wildman–Crippen MR) is 169 cm³/mol. The molecule has 0 aliphatic heterocycles. The second kappa shape index (κ2) is 14.2. The number of nitrogens with zero attached hydrogens (tertiary/aromatic N) is 2. The molecule has 1 unspecified atom stereocenters. The maximum atomic E-state index is 13.1. The van der Waals surface area contributed by atoms with E-state index < -0.39 is 34.6 Å². The third-order valence-corrected chi connectivity index (χ3v) is 7.43. The minimum absolute atomic E-state index is 0.0266. The van der Waals surface area contributed by atoms with Crippen LogP contribution in [0.3, 0.4) is 0 Å². The Morgan fingerprint density at radius 1 is 0.956 bits per heavy atom. The molecule has 0 saturated heterocycles. The van der Waals surface area contributed by atoms with E-state index in [9.17, 15) is 24.5 Å². The van der Waals surface area contributed by atoms with E-state index in [-0.39, 0.29) is 48.9 Å². The summed E-state index contributed by atoms with van der Waals surface area (Å²) in [5.74, 6) is -1.53. The van der Waals surface area contributed by atoms with E-state index in [1.165, 1.54) is 23.1 Å². The molecule has 10 heteroatoms. The fourth-order valence-corrected chi connectivity index (χ4v) is 5.30. The minimum atomic E-state index is -0.805. The van der Waals surface area contributed by atoms with E-state index in [1.54, 1.807) is 33.8 Å². The number of esters is 2. The smallest absolute Gasteiger partial charge is 0.410 e. The van der Waals surface area contributed by atoms with Crippen LogP contribution in [0, 0.1) is 10.1 Å². The van der Waals surface area contributed by atoms with E-state index in [2.05, 4.69) is 6.58 Å². The Morgan fingerprint density at radius 3 is 2.13 bits per heavy atom. The van der Waals surface area contributed by atoms with Crippen molar-refractivity contribution in [1.29, 1.82) is 0 Å². The van der Waals surface area contributed by atoms with Crippen LogP contribution < -0.4 is 4.74 Å². The van der Waals surface area contributed by atoms with Gasteiger partial charge in [0.1, 0.15) is 18.0 Å². The lowest BCUT2D eigenvalue weighted by atomic mass is 9.98. The maximum Gasteiger partial charge on any atom is 0.410 e. The van der Waals surface area contributed by atoms with E-state index in [4.69, 9.17) is 14.2 Å². The molecule has 1 atom stereocenters. The summed E-state index contributed by atoms with van der Waals surface area (Å²) in [5, 5.41) is 11.9. The van der Waals surface area contributed by atoms with Gasteiger partial charge in [0, 0.05) is 18.0 Å². The summed E-state index contributed by atoms with van der Waals surface area (Å²) < 4.78 is 16.7. The van der Waals surface area contributed by atoms with Crippen molar-refractivity contribution < 1.29 is 33.5 Å². The first-order valence-corrected chi connectivity index (χ1v) is 14.8.